The molecule has 1 N–H and O–H groups in total. The van der Waals surface area contributed by atoms with Gasteiger partial charge in [0.05, 0.1) is 5.92 Å². The number of carboxylic acids is 1. The first kappa shape index (κ1) is 10.8. The Kier molecular flexibility index (Phi) is 2.12. The first-order valence-corrected chi connectivity index (χ1v) is 6.05. The van der Waals surface area contributed by atoms with E-state index in [1.54, 1.807) is 0 Å². The van der Waals surface area contributed by atoms with Crippen molar-refractivity contribution in [3.05, 3.63) is 10.1 Å². The number of carboxylic acid groups (broad SMARTS) is 1. The van der Waals surface area contributed by atoms with Gasteiger partial charge in [-0.3, -0.25) is 4.79 Å². The SMILES string of the molecule is O=C(O)C1C2CC3CC1CC(O[N+](=O)[O-])(C3)C2. The highest BCUT2D eigenvalue weighted by atomic mass is 17.0. The molecule has 0 aromatic heterocycles. The van der Waals surface area contributed by atoms with Crippen LogP contribution in [0.5, 0.6) is 0 Å². The Morgan fingerprint density at radius 1 is 1.29 bits per heavy atom. The van der Waals surface area contributed by atoms with Crippen molar-refractivity contribution < 1.29 is 19.8 Å². The fraction of sp³-hybridized carbons (Fsp3) is 0.909. The minimum atomic E-state index is -0.741. The first-order chi connectivity index (χ1) is 7.99. The normalized spacial score (nSPS) is 46.8. The van der Waals surface area contributed by atoms with Crippen molar-refractivity contribution >= 4 is 5.97 Å². The van der Waals surface area contributed by atoms with E-state index in [0.717, 1.165) is 19.3 Å². The van der Waals surface area contributed by atoms with Gasteiger partial charge in [-0.15, -0.1) is 10.1 Å². The minimum Gasteiger partial charge on any atom is -0.481 e. The molecule has 4 rings (SSSR count). The second-order valence-corrected chi connectivity index (χ2v) is 5.83. The summed E-state index contributed by atoms with van der Waals surface area (Å²) in [4.78, 5) is 26.7. The van der Waals surface area contributed by atoms with Crippen LogP contribution < -0.4 is 0 Å². The van der Waals surface area contributed by atoms with Crippen LogP contribution in [0.15, 0.2) is 0 Å². The average Bonchev–Trinajstić information content (AvgIpc) is 2.11. The standard InChI is InChI=1S/C11H15NO5/c13-10(14)9-7-1-6-2-8(9)5-11(3-6,4-7)17-12(15)16/h6-9H,1-5H2,(H,13,14). The summed E-state index contributed by atoms with van der Waals surface area (Å²) < 4.78 is 0. The number of aliphatic carboxylic acids is 1. The maximum atomic E-state index is 11.2. The summed E-state index contributed by atoms with van der Waals surface area (Å²) in [7, 11) is 0. The van der Waals surface area contributed by atoms with Crippen molar-refractivity contribution in [1.29, 1.82) is 0 Å². The molecular weight excluding hydrogens is 226 g/mol. The third-order valence-electron chi connectivity index (χ3n) is 4.77. The topological polar surface area (TPSA) is 89.7 Å². The lowest BCUT2D eigenvalue weighted by Gasteiger charge is -2.57. The Morgan fingerprint density at radius 2 is 1.88 bits per heavy atom. The van der Waals surface area contributed by atoms with Crippen LogP contribution in [0, 0.1) is 33.8 Å². The molecule has 94 valence electrons. The molecule has 2 unspecified atom stereocenters. The van der Waals surface area contributed by atoms with Gasteiger partial charge in [0.2, 0.25) is 0 Å². The largest absolute Gasteiger partial charge is 0.481 e. The third kappa shape index (κ3) is 1.57. The molecule has 4 fully saturated rings. The van der Waals surface area contributed by atoms with Crippen LogP contribution in [0.1, 0.15) is 32.1 Å². The zero-order valence-corrected chi connectivity index (χ0v) is 9.37. The van der Waals surface area contributed by atoms with E-state index in [-0.39, 0.29) is 17.8 Å². The highest BCUT2D eigenvalue weighted by molar-refractivity contribution is 5.71. The van der Waals surface area contributed by atoms with Crippen molar-refractivity contribution in [3.63, 3.8) is 0 Å². The van der Waals surface area contributed by atoms with E-state index in [1.807, 2.05) is 0 Å². The number of rotatable bonds is 3. The van der Waals surface area contributed by atoms with Gasteiger partial charge in [-0.1, -0.05) is 0 Å². The van der Waals surface area contributed by atoms with Crippen LogP contribution in [0.4, 0.5) is 0 Å². The summed E-state index contributed by atoms with van der Waals surface area (Å²) in [6.45, 7) is 0. The molecule has 0 spiro atoms. The molecule has 0 aromatic carbocycles. The third-order valence-corrected chi connectivity index (χ3v) is 4.77. The molecule has 6 heteroatoms. The molecule has 17 heavy (non-hydrogen) atoms. The summed E-state index contributed by atoms with van der Waals surface area (Å²) in [5.41, 5.74) is -0.675. The first-order valence-electron chi connectivity index (χ1n) is 6.05. The summed E-state index contributed by atoms with van der Waals surface area (Å²) in [6.07, 6.45) is 3.61. The van der Waals surface area contributed by atoms with Gasteiger partial charge >= 0.3 is 5.97 Å². The molecule has 0 aliphatic heterocycles. The van der Waals surface area contributed by atoms with Gasteiger partial charge in [0, 0.05) is 0 Å². The molecule has 6 nitrogen and oxygen atoms in total. The lowest BCUT2D eigenvalue weighted by Crippen LogP contribution is -2.58. The summed E-state index contributed by atoms with van der Waals surface area (Å²) in [5.74, 6) is -0.495. The lowest BCUT2D eigenvalue weighted by atomic mass is 9.50. The van der Waals surface area contributed by atoms with Crippen LogP contribution >= 0.6 is 0 Å². The fourth-order valence-corrected chi connectivity index (χ4v) is 4.62. The van der Waals surface area contributed by atoms with E-state index >= 15 is 0 Å². The van der Waals surface area contributed by atoms with Gasteiger partial charge in [-0.25, -0.2) is 0 Å². The lowest BCUT2D eigenvalue weighted by molar-refractivity contribution is -0.785. The van der Waals surface area contributed by atoms with Crippen molar-refractivity contribution in [2.24, 2.45) is 23.7 Å². The molecule has 4 aliphatic carbocycles. The van der Waals surface area contributed by atoms with Gasteiger partial charge in [0.15, 0.2) is 0 Å². The van der Waals surface area contributed by atoms with Crippen LogP contribution in [0.25, 0.3) is 0 Å². The van der Waals surface area contributed by atoms with Crippen LogP contribution in [0.3, 0.4) is 0 Å². The summed E-state index contributed by atoms with van der Waals surface area (Å²) in [6, 6.07) is 0. The second kappa shape index (κ2) is 3.34. The smallest absolute Gasteiger partial charge is 0.307 e. The molecule has 0 amide bonds. The monoisotopic (exact) mass is 241 g/mol. The van der Waals surface area contributed by atoms with E-state index in [0.29, 0.717) is 18.8 Å². The minimum absolute atomic E-state index is 0.0682. The number of nitrogens with zero attached hydrogens (tertiary/aromatic N) is 1. The molecule has 0 aromatic rings. The Morgan fingerprint density at radius 3 is 2.35 bits per heavy atom. The van der Waals surface area contributed by atoms with E-state index in [1.165, 1.54) is 0 Å². The molecule has 0 saturated heterocycles. The highest BCUT2D eigenvalue weighted by Gasteiger charge is 2.59. The Balaban J connectivity index is 1.86. The van der Waals surface area contributed by atoms with Crippen molar-refractivity contribution in [1.82, 2.24) is 0 Å². The number of hydrogen-bond acceptors (Lipinski definition) is 4. The van der Waals surface area contributed by atoms with Gasteiger partial charge in [-0.05, 0) is 49.9 Å². The van der Waals surface area contributed by atoms with Crippen LogP contribution in [0.2, 0.25) is 0 Å². The predicted molar refractivity (Wildman–Crippen MR) is 55.5 cm³/mol. The van der Waals surface area contributed by atoms with Crippen molar-refractivity contribution in [3.8, 4) is 0 Å². The zero-order chi connectivity index (χ0) is 12.2. The second-order valence-electron chi connectivity index (χ2n) is 5.83. The van der Waals surface area contributed by atoms with Gasteiger partial charge in [0.25, 0.3) is 5.09 Å². The van der Waals surface area contributed by atoms with Crippen molar-refractivity contribution in [2.75, 3.05) is 0 Å². The van der Waals surface area contributed by atoms with Crippen LogP contribution in [-0.2, 0) is 9.63 Å². The molecule has 4 aliphatic rings. The maximum Gasteiger partial charge on any atom is 0.307 e. The average molecular weight is 241 g/mol. The number of hydrogen-bond donors (Lipinski definition) is 1. The molecule has 4 bridgehead atoms. The quantitative estimate of drug-likeness (QED) is 0.597. The Bertz CT molecular complexity index is 366. The van der Waals surface area contributed by atoms with E-state index in [2.05, 4.69) is 0 Å². The molecule has 4 saturated carbocycles. The Labute approximate surface area is 98.0 Å². The van der Waals surface area contributed by atoms with Crippen molar-refractivity contribution in [2.45, 2.75) is 37.7 Å². The molecular formula is C11H15NO5. The zero-order valence-electron chi connectivity index (χ0n) is 9.37. The van der Waals surface area contributed by atoms with Gasteiger partial charge in [-0.2, -0.15) is 0 Å². The van der Waals surface area contributed by atoms with Gasteiger partial charge in [0.1, 0.15) is 5.60 Å². The van der Waals surface area contributed by atoms with Gasteiger partial charge < -0.3 is 9.94 Å². The predicted octanol–water partition coefficient (Wildman–Crippen LogP) is 1.47. The van der Waals surface area contributed by atoms with E-state index in [4.69, 9.17) is 4.84 Å². The Hall–Kier alpha value is -1.33. The summed E-state index contributed by atoms with van der Waals surface area (Å²) >= 11 is 0. The maximum absolute atomic E-state index is 11.2. The summed E-state index contributed by atoms with van der Waals surface area (Å²) in [5, 5.41) is 19.1. The fourth-order valence-electron chi connectivity index (χ4n) is 4.62. The molecule has 0 radical (unpaired) electrons. The van der Waals surface area contributed by atoms with E-state index in [9.17, 15) is 20.0 Å². The van der Waals surface area contributed by atoms with Crippen LogP contribution in [-0.4, -0.2) is 21.8 Å². The number of carbonyl (C=O) groups is 1. The highest BCUT2D eigenvalue weighted by Crippen LogP contribution is 2.59. The molecule has 0 heterocycles. The van der Waals surface area contributed by atoms with E-state index < -0.39 is 16.7 Å². The molecule has 2 atom stereocenters.